The van der Waals surface area contributed by atoms with Gasteiger partial charge in [0.1, 0.15) is 0 Å². The van der Waals surface area contributed by atoms with Crippen molar-refractivity contribution in [1.29, 1.82) is 0 Å². The van der Waals surface area contributed by atoms with E-state index in [0.29, 0.717) is 12.3 Å². The van der Waals surface area contributed by atoms with E-state index in [0.717, 1.165) is 25.0 Å². The average Bonchev–Trinajstić information content (AvgIpc) is 2.10. The zero-order valence-electron chi connectivity index (χ0n) is 9.76. The number of rotatable bonds is 6. The van der Waals surface area contributed by atoms with Crippen LogP contribution in [0.1, 0.15) is 53.4 Å². The third kappa shape index (κ3) is 7.77. The van der Waals surface area contributed by atoms with Gasteiger partial charge in [0.15, 0.2) is 0 Å². The number of carbonyl (C=O) groups is 1. The molecule has 0 aliphatic carbocycles. The van der Waals surface area contributed by atoms with E-state index < -0.39 is 0 Å². The molecule has 0 fully saturated rings. The highest BCUT2D eigenvalue weighted by Gasteiger charge is 2.02. The maximum absolute atomic E-state index is 11.2. The van der Waals surface area contributed by atoms with Gasteiger partial charge in [0.2, 0.25) is 5.91 Å². The largest absolute Gasteiger partial charge is 0.273 e. The number of hydrogen-bond acceptors (Lipinski definition) is 2. The zero-order chi connectivity index (χ0) is 11.0. The van der Waals surface area contributed by atoms with E-state index >= 15 is 0 Å². The molecule has 0 rings (SSSR count). The first-order chi connectivity index (χ1) is 6.56. The fourth-order valence-electron chi connectivity index (χ4n) is 1.06. The highest BCUT2D eigenvalue weighted by atomic mass is 16.2. The molecule has 0 heterocycles. The minimum Gasteiger partial charge on any atom is -0.273 e. The van der Waals surface area contributed by atoms with Gasteiger partial charge >= 0.3 is 0 Å². The predicted molar refractivity (Wildman–Crippen MR) is 60.2 cm³/mol. The molecule has 0 aromatic rings. The summed E-state index contributed by atoms with van der Waals surface area (Å²) in [6.07, 6.45) is 3.81. The SMILES string of the molecule is CCCCC(C)=NNC(=O)CC(C)C. The van der Waals surface area contributed by atoms with Gasteiger partial charge in [0.05, 0.1) is 0 Å². The number of carbonyl (C=O) groups excluding carboxylic acids is 1. The lowest BCUT2D eigenvalue weighted by Gasteiger charge is -2.03. The lowest BCUT2D eigenvalue weighted by atomic mass is 10.1. The smallest absolute Gasteiger partial charge is 0.240 e. The van der Waals surface area contributed by atoms with E-state index in [1.54, 1.807) is 0 Å². The molecule has 3 nitrogen and oxygen atoms in total. The molecule has 0 aliphatic heterocycles. The molecule has 14 heavy (non-hydrogen) atoms. The van der Waals surface area contributed by atoms with Crippen LogP contribution in [0.15, 0.2) is 5.10 Å². The third-order valence-corrected chi connectivity index (χ3v) is 1.86. The molecular formula is C11H22N2O. The number of unbranched alkanes of at least 4 members (excludes halogenated alkanes) is 1. The molecule has 0 aliphatic rings. The van der Waals surface area contributed by atoms with Crippen molar-refractivity contribution in [1.82, 2.24) is 5.43 Å². The van der Waals surface area contributed by atoms with Crippen LogP contribution in [0.4, 0.5) is 0 Å². The maximum atomic E-state index is 11.2. The summed E-state index contributed by atoms with van der Waals surface area (Å²) < 4.78 is 0. The Morgan fingerprint density at radius 3 is 2.57 bits per heavy atom. The van der Waals surface area contributed by atoms with Crippen LogP contribution < -0.4 is 5.43 Å². The molecule has 0 unspecified atom stereocenters. The molecule has 0 saturated heterocycles. The summed E-state index contributed by atoms with van der Waals surface area (Å²) in [6.45, 7) is 8.14. The van der Waals surface area contributed by atoms with E-state index in [9.17, 15) is 4.79 Å². The van der Waals surface area contributed by atoms with Crippen LogP contribution in [0.2, 0.25) is 0 Å². The van der Waals surface area contributed by atoms with Gasteiger partial charge in [0, 0.05) is 12.1 Å². The summed E-state index contributed by atoms with van der Waals surface area (Å²) in [7, 11) is 0. The van der Waals surface area contributed by atoms with Crippen molar-refractivity contribution in [3.8, 4) is 0 Å². The van der Waals surface area contributed by atoms with Crippen LogP contribution in [-0.4, -0.2) is 11.6 Å². The summed E-state index contributed by atoms with van der Waals surface area (Å²) in [6, 6.07) is 0. The summed E-state index contributed by atoms with van der Waals surface area (Å²) in [5, 5.41) is 4.03. The Bertz CT molecular complexity index is 197. The summed E-state index contributed by atoms with van der Waals surface area (Å²) >= 11 is 0. The second-order valence-corrected chi connectivity index (χ2v) is 4.08. The van der Waals surface area contributed by atoms with Gasteiger partial charge in [-0.1, -0.05) is 27.2 Å². The lowest BCUT2D eigenvalue weighted by Crippen LogP contribution is -2.20. The Kier molecular flexibility index (Phi) is 7.07. The molecule has 1 N–H and O–H groups in total. The second kappa shape index (κ2) is 7.54. The molecule has 0 radical (unpaired) electrons. The zero-order valence-corrected chi connectivity index (χ0v) is 9.76. The highest BCUT2D eigenvalue weighted by molar-refractivity contribution is 5.84. The van der Waals surface area contributed by atoms with E-state index in [1.807, 2.05) is 20.8 Å². The Balaban J connectivity index is 3.72. The Morgan fingerprint density at radius 1 is 1.43 bits per heavy atom. The van der Waals surface area contributed by atoms with Crippen molar-refractivity contribution in [2.24, 2.45) is 11.0 Å². The van der Waals surface area contributed by atoms with Crippen molar-refractivity contribution in [2.45, 2.75) is 53.4 Å². The van der Waals surface area contributed by atoms with Crippen molar-refractivity contribution in [3.63, 3.8) is 0 Å². The van der Waals surface area contributed by atoms with E-state index in [2.05, 4.69) is 17.5 Å². The van der Waals surface area contributed by atoms with Crippen molar-refractivity contribution >= 4 is 11.6 Å². The van der Waals surface area contributed by atoms with Gasteiger partial charge in [-0.25, -0.2) is 5.43 Å². The van der Waals surface area contributed by atoms with E-state index in [4.69, 9.17) is 0 Å². The number of hydrazone groups is 1. The predicted octanol–water partition coefficient (Wildman–Crippen LogP) is 2.71. The van der Waals surface area contributed by atoms with Gasteiger partial charge in [-0.05, 0) is 25.7 Å². The van der Waals surface area contributed by atoms with Crippen LogP contribution >= 0.6 is 0 Å². The summed E-state index contributed by atoms with van der Waals surface area (Å²) in [5.74, 6) is 0.400. The van der Waals surface area contributed by atoms with E-state index in [1.165, 1.54) is 0 Å². The quantitative estimate of drug-likeness (QED) is 0.517. The van der Waals surface area contributed by atoms with Crippen LogP contribution in [0.3, 0.4) is 0 Å². The first kappa shape index (κ1) is 13.1. The van der Waals surface area contributed by atoms with Gasteiger partial charge in [0.25, 0.3) is 0 Å². The number of hydrogen-bond donors (Lipinski definition) is 1. The molecule has 3 heteroatoms. The van der Waals surface area contributed by atoms with Crippen LogP contribution in [0.25, 0.3) is 0 Å². The minimum atomic E-state index is 0.0100. The summed E-state index contributed by atoms with van der Waals surface area (Å²) in [5.41, 5.74) is 3.58. The average molecular weight is 198 g/mol. The Morgan fingerprint density at radius 2 is 2.07 bits per heavy atom. The van der Waals surface area contributed by atoms with E-state index in [-0.39, 0.29) is 5.91 Å². The topological polar surface area (TPSA) is 41.5 Å². The maximum Gasteiger partial charge on any atom is 0.240 e. The van der Waals surface area contributed by atoms with Crippen molar-refractivity contribution < 1.29 is 4.79 Å². The Hall–Kier alpha value is -0.860. The lowest BCUT2D eigenvalue weighted by molar-refractivity contribution is -0.121. The fraction of sp³-hybridized carbons (Fsp3) is 0.818. The third-order valence-electron chi connectivity index (χ3n) is 1.86. The molecule has 82 valence electrons. The van der Waals surface area contributed by atoms with Crippen LogP contribution in [0, 0.1) is 5.92 Å². The van der Waals surface area contributed by atoms with Gasteiger partial charge in [-0.3, -0.25) is 4.79 Å². The standard InChI is InChI=1S/C11H22N2O/c1-5-6-7-10(4)12-13-11(14)8-9(2)3/h9H,5-8H2,1-4H3,(H,13,14). The molecule has 1 amide bonds. The highest BCUT2D eigenvalue weighted by Crippen LogP contribution is 1.99. The summed E-state index contributed by atoms with van der Waals surface area (Å²) in [4.78, 5) is 11.2. The number of nitrogens with zero attached hydrogens (tertiary/aromatic N) is 1. The minimum absolute atomic E-state index is 0.0100. The van der Waals surface area contributed by atoms with Crippen LogP contribution in [-0.2, 0) is 4.79 Å². The monoisotopic (exact) mass is 198 g/mol. The van der Waals surface area contributed by atoms with Gasteiger partial charge in [-0.15, -0.1) is 0 Å². The molecular weight excluding hydrogens is 176 g/mol. The first-order valence-electron chi connectivity index (χ1n) is 5.38. The first-order valence-corrected chi connectivity index (χ1v) is 5.38. The number of amides is 1. The molecule has 0 spiro atoms. The van der Waals surface area contributed by atoms with Crippen LogP contribution in [0.5, 0.6) is 0 Å². The number of nitrogens with one attached hydrogen (secondary N) is 1. The van der Waals surface area contributed by atoms with Crippen molar-refractivity contribution in [3.05, 3.63) is 0 Å². The van der Waals surface area contributed by atoms with Crippen molar-refractivity contribution in [2.75, 3.05) is 0 Å². The normalized spacial score (nSPS) is 11.9. The molecule has 0 bridgehead atoms. The molecule has 0 atom stereocenters. The fourth-order valence-corrected chi connectivity index (χ4v) is 1.06. The molecule has 0 aromatic heterocycles. The second-order valence-electron chi connectivity index (χ2n) is 4.08. The van der Waals surface area contributed by atoms with Gasteiger partial charge in [-0.2, -0.15) is 5.10 Å². The Labute approximate surface area is 87.0 Å². The molecule has 0 aromatic carbocycles. The van der Waals surface area contributed by atoms with Gasteiger partial charge < -0.3 is 0 Å². The molecule has 0 saturated carbocycles.